The zero-order chi connectivity index (χ0) is 27.6. The molecule has 0 amide bonds. The first-order valence-corrected chi connectivity index (χ1v) is 14.6. The molecule has 0 radical (unpaired) electrons. The molecule has 1 saturated carbocycles. The molecular weight excluding hydrogens is 468 g/mol. The molecule has 2 aliphatic rings. The number of allylic oxidation sites excluding steroid dienone is 2. The van der Waals surface area contributed by atoms with Crippen molar-refractivity contribution in [3.8, 4) is 0 Å². The van der Waals surface area contributed by atoms with Crippen LogP contribution in [0.2, 0.25) is 0 Å². The van der Waals surface area contributed by atoms with Gasteiger partial charge in [0.05, 0.1) is 0 Å². The molecule has 0 spiro atoms. The number of aryl methyl sites for hydroxylation is 2. The Balaban J connectivity index is 1.53. The molecule has 0 aliphatic heterocycles. The van der Waals surface area contributed by atoms with E-state index in [4.69, 9.17) is 0 Å². The molecule has 0 aromatic heterocycles. The van der Waals surface area contributed by atoms with Gasteiger partial charge in [0, 0.05) is 28.9 Å². The van der Waals surface area contributed by atoms with E-state index in [0.29, 0.717) is 17.4 Å². The first kappa shape index (κ1) is 28.2. The van der Waals surface area contributed by atoms with Crippen molar-refractivity contribution in [2.45, 2.75) is 92.4 Å². The number of benzene rings is 2. The van der Waals surface area contributed by atoms with E-state index in [1.54, 1.807) is 13.8 Å². The first-order valence-electron chi connectivity index (χ1n) is 14.6. The predicted octanol–water partition coefficient (Wildman–Crippen LogP) is 8.25. The Morgan fingerprint density at radius 1 is 0.895 bits per heavy atom. The highest BCUT2D eigenvalue weighted by molar-refractivity contribution is 6.54. The summed E-state index contributed by atoms with van der Waals surface area (Å²) in [5, 5.41) is 0. The van der Waals surface area contributed by atoms with Crippen LogP contribution in [0.4, 0.5) is 0 Å². The van der Waals surface area contributed by atoms with Crippen molar-refractivity contribution in [2.75, 3.05) is 0 Å². The lowest BCUT2D eigenvalue weighted by Gasteiger charge is -2.28. The van der Waals surface area contributed by atoms with Gasteiger partial charge in [-0.2, -0.15) is 0 Å². The van der Waals surface area contributed by atoms with E-state index in [1.165, 1.54) is 11.1 Å². The number of ketones is 3. The van der Waals surface area contributed by atoms with Gasteiger partial charge >= 0.3 is 0 Å². The highest BCUT2D eigenvalue weighted by atomic mass is 16.2. The van der Waals surface area contributed by atoms with Gasteiger partial charge in [0.15, 0.2) is 5.78 Å². The molecule has 38 heavy (non-hydrogen) atoms. The SMILES string of the molecule is Cc1ccc(CC2CCC(C(=O)c3cc4c(cc3C)C(CCC(C)C)C=C4C(=O)C(=O)C(C)C)CC2)cc1. The van der Waals surface area contributed by atoms with Gasteiger partial charge < -0.3 is 0 Å². The summed E-state index contributed by atoms with van der Waals surface area (Å²) in [7, 11) is 0. The lowest BCUT2D eigenvalue weighted by atomic mass is 9.75. The lowest BCUT2D eigenvalue weighted by Crippen LogP contribution is -2.24. The maximum Gasteiger partial charge on any atom is 0.229 e. The van der Waals surface area contributed by atoms with Crippen LogP contribution in [-0.2, 0) is 16.0 Å². The Kier molecular flexibility index (Phi) is 8.85. The number of carbonyl (C=O) groups excluding carboxylic acids is 3. The number of Topliss-reactive ketones (excluding diaryl/α,β-unsaturated/α-hetero) is 3. The third-order valence-corrected chi connectivity index (χ3v) is 8.63. The number of hydrogen-bond donors (Lipinski definition) is 0. The van der Waals surface area contributed by atoms with Crippen LogP contribution in [0.25, 0.3) is 5.57 Å². The molecule has 0 bridgehead atoms. The molecule has 0 N–H and O–H groups in total. The van der Waals surface area contributed by atoms with Gasteiger partial charge in [-0.3, -0.25) is 14.4 Å². The Morgan fingerprint density at radius 3 is 2.16 bits per heavy atom. The zero-order valence-corrected chi connectivity index (χ0v) is 24.1. The van der Waals surface area contributed by atoms with E-state index in [9.17, 15) is 14.4 Å². The largest absolute Gasteiger partial charge is 0.294 e. The van der Waals surface area contributed by atoms with Gasteiger partial charge in [-0.25, -0.2) is 0 Å². The van der Waals surface area contributed by atoms with E-state index in [2.05, 4.69) is 51.1 Å². The van der Waals surface area contributed by atoms with Gasteiger partial charge in [0.2, 0.25) is 11.6 Å². The van der Waals surface area contributed by atoms with Gasteiger partial charge in [0.25, 0.3) is 0 Å². The highest BCUT2D eigenvalue weighted by Crippen LogP contribution is 2.42. The quantitative estimate of drug-likeness (QED) is 0.238. The van der Waals surface area contributed by atoms with Crippen molar-refractivity contribution >= 4 is 22.9 Å². The average molecular weight is 513 g/mol. The van der Waals surface area contributed by atoms with Crippen molar-refractivity contribution in [3.05, 3.63) is 75.9 Å². The third-order valence-electron chi connectivity index (χ3n) is 8.63. The molecule has 2 aromatic rings. The Labute approximate surface area is 229 Å². The molecular formula is C35H44O3. The summed E-state index contributed by atoms with van der Waals surface area (Å²) in [6, 6.07) is 12.9. The van der Waals surface area contributed by atoms with E-state index >= 15 is 0 Å². The number of carbonyl (C=O) groups is 3. The second-order valence-electron chi connectivity index (χ2n) is 12.5. The van der Waals surface area contributed by atoms with Crippen molar-refractivity contribution in [1.29, 1.82) is 0 Å². The fourth-order valence-corrected chi connectivity index (χ4v) is 6.17. The molecule has 3 nitrogen and oxygen atoms in total. The van der Waals surface area contributed by atoms with Crippen LogP contribution in [0.5, 0.6) is 0 Å². The maximum absolute atomic E-state index is 13.8. The second-order valence-corrected chi connectivity index (χ2v) is 12.5. The molecule has 202 valence electrons. The number of hydrogen-bond acceptors (Lipinski definition) is 3. The topological polar surface area (TPSA) is 51.2 Å². The smallest absolute Gasteiger partial charge is 0.229 e. The van der Waals surface area contributed by atoms with Gasteiger partial charge in [-0.05, 0) is 92.5 Å². The highest BCUT2D eigenvalue weighted by Gasteiger charge is 2.34. The van der Waals surface area contributed by atoms with Gasteiger partial charge in [-0.15, -0.1) is 0 Å². The Bertz CT molecular complexity index is 1220. The summed E-state index contributed by atoms with van der Waals surface area (Å²) in [5.41, 5.74) is 6.79. The van der Waals surface area contributed by atoms with Crippen molar-refractivity contribution < 1.29 is 14.4 Å². The molecule has 1 unspecified atom stereocenters. The van der Waals surface area contributed by atoms with Crippen molar-refractivity contribution in [1.82, 2.24) is 0 Å². The zero-order valence-electron chi connectivity index (χ0n) is 24.1. The van der Waals surface area contributed by atoms with Crippen LogP contribution in [0.1, 0.15) is 110 Å². The second kappa shape index (κ2) is 11.9. The summed E-state index contributed by atoms with van der Waals surface area (Å²) < 4.78 is 0. The molecule has 0 heterocycles. The summed E-state index contributed by atoms with van der Waals surface area (Å²) >= 11 is 0. The minimum absolute atomic E-state index is 0.0274. The minimum Gasteiger partial charge on any atom is -0.294 e. The van der Waals surface area contributed by atoms with E-state index in [-0.39, 0.29) is 29.3 Å². The third kappa shape index (κ3) is 6.25. The molecule has 3 heteroatoms. The van der Waals surface area contributed by atoms with Crippen molar-refractivity contribution in [3.63, 3.8) is 0 Å². The number of fused-ring (bicyclic) bond motifs is 1. The summed E-state index contributed by atoms with van der Waals surface area (Å²) in [6.45, 7) is 12.1. The lowest BCUT2D eigenvalue weighted by molar-refractivity contribution is -0.135. The standard InChI is InChI=1S/C35H44O3/c1-21(2)7-14-28-19-32(35(38)33(36)22(3)4)31-20-29(24(6)17-30(28)31)34(37)27-15-12-26(13-16-27)18-25-10-8-23(5)9-11-25/h8-11,17,19-22,26-28H,7,12-16,18H2,1-6H3. The van der Waals surface area contributed by atoms with Crippen LogP contribution < -0.4 is 0 Å². The Morgan fingerprint density at radius 2 is 1.55 bits per heavy atom. The maximum atomic E-state index is 13.8. The monoisotopic (exact) mass is 512 g/mol. The van der Waals surface area contributed by atoms with Crippen LogP contribution >= 0.6 is 0 Å². The minimum atomic E-state index is -0.410. The van der Waals surface area contributed by atoms with Crippen LogP contribution in [0.3, 0.4) is 0 Å². The normalized spacial score (nSPS) is 20.9. The summed E-state index contributed by atoms with van der Waals surface area (Å²) in [5.74, 6) is 0.422. The Hall–Kier alpha value is -2.81. The fraction of sp³-hybridized carbons (Fsp3) is 0.514. The van der Waals surface area contributed by atoms with E-state index < -0.39 is 5.78 Å². The summed E-state index contributed by atoms with van der Waals surface area (Å²) in [4.78, 5) is 39.6. The molecule has 1 fully saturated rings. The average Bonchev–Trinajstić information content (AvgIpc) is 3.24. The predicted molar refractivity (Wildman–Crippen MR) is 155 cm³/mol. The van der Waals surface area contributed by atoms with Crippen LogP contribution in [-0.4, -0.2) is 17.3 Å². The molecule has 2 aromatic carbocycles. The van der Waals surface area contributed by atoms with Crippen LogP contribution in [0, 0.1) is 37.5 Å². The molecule has 1 atom stereocenters. The molecule has 4 rings (SSSR count). The van der Waals surface area contributed by atoms with E-state index in [0.717, 1.165) is 67.2 Å². The van der Waals surface area contributed by atoms with E-state index in [1.807, 2.05) is 19.1 Å². The van der Waals surface area contributed by atoms with Gasteiger partial charge in [0.1, 0.15) is 0 Å². The van der Waals surface area contributed by atoms with Crippen LogP contribution in [0.15, 0.2) is 42.5 Å². The summed E-state index contributed by atoms with van der Waals surface area (Å²) in [6.07, 6.45) is 9.03. The van der Waals surface area contributed by atoms with Gasteiger partial charge in [-0.1, -0.05) is 76.1 Å². The fourth-order valence-electron chi connectivity index (χ4n) is 6.17. The molecule has 0 saturated heterocycles. The number of rotatable bonds is 10. The molecule has 2 aliphatic carbocycles. The van der Waals surface area contributed by atoms with Crippen molar-refractivity contribution in [2.24, 2.45) is 23.7 Å². The first-order chi connectivity index (χ1) is 18.0.